The number of benzene rings is 1. The van der Waals surface area contributed by atoms with Crippen molar-refractivity contribution in [2.45, 2.75) is 31.2 Å². The SMILES string of the molecule is COC(=O)[C@]1(Cc2cccc(-c3ncc(Br)cn3)c2)C[C@@H](N)C(F)(F)C1. The van der Waals surface area contributed by atoms with Crippen molar-refractivity contribution in [1.29, 1.82) is 0 Å². The Balaban J connectivity index is 1.92. The van der Waals surface area contributed by atoms with E-state index in [1.54, 1.807) is 30.6 Å². The normalized spacial score (nSPS) is 24.4. The van der Waals surface area contributed by atoms with Crippen molar-refractivity contribution < 1.29 is 18.3 Å². The van der Waals surface area contributed by atoms with E-state index < -0.39 is 29.8 Å². The number of alkyl halides is 2. The van der Waals surface area contributed by atoms with Crippen molar-refractivity contribution in [3.8, 4) is 11.4 Å². The molecule has 5 nitrogen and oxygen atoms in total. The summed E-state index contributed by atoms with van der Waals surface area (Å²) in [6.45, 7) is 0. The molecule has 2 aromatic rings. The molecule has 138 valence electrons. The zero-order chi connectivity index (χ0) is 18.9. The minimum absolute atomic E-state index is 0.118. The molecule has 0 unspecified atom stereocenters. The first-order chi connectivity index (χ1) is 12.3. The zero-order valence-corrected chi connectivity index (χ0v) is 15.7. The topological polar surface area (TPSA) is 78.1 Å². The minimum atomic E-state index is -3.10. The van der Waals surface area contributed by atoms with Gasteiger partial charge in [-0.05, 0) is 40.4 Å². The molecule has 1 aromatic heterocycles. The van der Waals surface area contributed by atoms with Crippen LogP contribution in [0.3, 0.4) is 0 Å². The Morgan fingerprint density at radius 3 is 2.65 bits per heavy atom. The first-order valence-electron chi connectivity index (χ1n) is 8.04. The van der Waals surface area contributed by atoms with Gasteiger partial charge in [0.15, 0.2) is 5.82 Å². The molecule has 26 heavy (non-hydrogen) atoms. The van der Waals surface area contributed by atoms with Crippen LogP contribution in [-0.4, -0.2) is 35.0 Å². The van der Waals surface area contributed by atoms with Crippen molar-refractivity contribution in [2.75, 3.05) is 7.11 Å². The third-order valence-corrected chi connectivity index (χ3v) is 5.10. The van der Waals surface area contributed by atoms with Crippen molar-refractivity contribution in [2.24, 2.45) is 11.1 Å². The van der Waals surface area contributed by atoms with Gasteiger partial charge in [0.1, 0.15) is 0 Å². The van der Waals surface area contributed by atoms with Crippen LogP contribution in [-0.2, 0) is 16.0 Å². The highest BCUT2D eigenvalue weighted by Gasteiger charge is 2.59. The minimum Gasteiger partial charge on any atom is -0.469 e. The highest BCUT2D eigenvalue weighted by molar-refractivity contribution is 9.10. The van der Waals surface area contributed by atoms with Gasteiger partial charge in [-0.1, -0.05) is 18.2 Å². The lowest BCUT2D eigenvalue weighted by molar-refractivity contribution is -0.154. The summed E-state index contributed by atoms with van der Waals surface area (Å²) in [5.41, 5.74) is 5.72. The Labute approximate surface area is 158 Å². The summed E-state index contributed by atoms with van der Waals surface area (Å²) in [5.74, 6) is -3.24. The van der Waals surface area contributed by atoms with Crippen LogP contribution in [0.15, 0.2) is 41.1 Å². The molecule has 1 aliphatic carbocycles. The maximum absolute atomic E-state index is 14.1. The second-order valence-corrected chi connectivity index (χ2v) is 7.54. The Morgan fingerprint density at radius 1 is 1.38 bits per heavy atom. The molecule has 0 amide bonds. The van der Waals surface area contributed by atoms with Crippen molar-refractivity contribution >= 4 is 21.9 Å². The average Bonchev–Trinajstić information content (AvgIpc) is 2.84. The van der Waals surface area contributed by atoms with Crippen LogP contribution in [0.25, 0.3) is 11.4 Å². The lowest BCUT2D eigenvalue weighted by Crippen LogP contribution is -2.34. The van der Waals surface area contributed by atoms with Gasteiger partial charge in [0.25, 0.3) is 5.92 Å². The Kier molecular flexibility index (Phi) is 5.07. The molecule has 0 spiro atoms. The second-order valence-electron chi connectivity index (χ2n) is 6.62. The summed E-state index contributed by atoms with van der Waals surface area (Å²) in [6, 6.07) is 5.84. The lowest BCUT2D eigenvalue weighted by Gasteiger charge is -2.26. The van der Waals surface area contributed by atoms with Gasteiger partial charge in [-0.25, -0.2) is 18.7 Å². The van der Waals surface area contributed by atoms with Gasteiger partial charge in [-0.3, -0.25) is 4.79 Å². The summed E-state index contributed by atoms with van der Waals surface area (Å²) < 4.78 is 33.7. The van der Waals surface area contributed by atoms with Gasteiger partial charge in [0.2, 0.25) is 0 Å². The van der Waals surface area contributed by atoms with E-state index in [-0.39, 0.29) is 12.8 Å². The van der Waals surface area contributed by atoms with Gasteiger partial charge < -0.3 is 10.5 Å². The predicted octanol–water partition coefficient (Wildman–Crippen LogP) is 3.36. The molecule has 0 radical (unpaired) electrons. The predicted molar refractivity (Wildman–Crippen MR) is 95.5 cm³/mol. The number of aromatic nitrogens is 2. The molecular formula is C18H18BrF2N3O2. The third kappa shape index (κ3) is 3.61. The number of nitrogens with two attached hydrogens (primary N) is 1. The van der Waals surface area contributed by atoms with Crippen LogP contribution in [0.5, 0.6) is 0 Å². The van der Waals surface area contributed by atoms with Gasteiger partial charge in [-0.15, -0.1) is 0 Å². The van der Waals surface area contributed by atoms with Crippen LogP contribution in [0, 0.1) is 5.41 Å². The summed E-state index contributed by atoms with van der Waals surface area (Å²) in [7, 11) is 1.21. The molecule has 2 atom stereocenters. The first-order valence-corrected chi connectivity index (χ1v) is 8.84. The summed E-state index contributed by atoms with van der Waals surface area (Å²) >= 11 is 3.28. The van der Waals surface area contributed by atoms with Gasteiger partial charge in [0, 0.05) is 24.4 Å². The zero-order valence-electron chi connectivity index (χ0n) is 14.1. The number of hydrogen-bond donors (Lipinski definition) is 1. The smallest absolute Gasteiger partial charge is 0.312 e. The summed E-state index contributed by atoms with van der Waals surface area (Å²) in [4.78, 5) is 20.8. The second kappa shape index (κ2) is 7.00. The average molecular weight is 426 g/mol. The van der Waals surface area contributed by atoms with E-state index >= 15 is 0 Å². The third-order valence-electron chi connectivity index (χ3n) is 4.69. The summed E-state index contributed by atoms with van der Waals surface area (Å²) in [6.07, 6.45) is 2.63. The quantitative estimate of drug-likeness (QED) is 0.759. The van der Waals surface area contributed by atoms with E-state index in [1.807, 2.05) is 6.07 Å². The maximum atomic E-state index is 14.1. The fraction of sp³-hybridized carbons (Fsp3) is 0.389. The highest BCUT2D eigenvalue weighted by atomic mass is 79.9. The van der Waals surface area contributed by atoms with Crippen molar-refractivity contribution in [3.05, 3.63) is 46.7 Å². The fourth-order valence-corrected chi connectivity index (χ4v) is 3.68. The van der Waals surface area contributed by atoms with E-state index in [0.717, 1.165) is 15.6 Å². The number of carbonyl (C=O) groups is 1. The number of carbonyl (C=O) groups excluding carboxylic acids is 1. The molecule has 8 heteroatoms. The van der Waals surface area contributed by atoms with E-state index in [4.69, 9.17) is 10.5 Å². The van der Waals surface area contributed by atoms with E-state index in [9.17, 15) is 13.6 Å². The first kappa shape index (κ1) is 18.8. The number of esters is 1. The molecule has 2 N–H and O–H groups in total. The van der Waals surface area contributed by atoms with Crippen LogP contribution >= 0.6 is 15.9 Å². The van der Waals surface area contributed by atoms with Crippen LogP contribution < -0.4 is 5.73 Å². The van der Waals surface area contributed by atoms with E-state index in [0.29, 0.717) is 5.82 Å². The van der Waals surface area contributed by atoms with E-state index in [1.165, 1.54) is 7.11 Å². The van der Waals surface area contributed by atoms with Gasteiger partial charge >= 0.3 is 5.97 Å². The van der Waals surface area contributed by atoms with Gasteiger partial charge in [0.05, 0.1) is 23.0 Å². The van der Waals surface area contributed by atoms with E-state index in [2.05, 4.69) is 25.9 Å². The number of halogens is 3. The number of rotatable bonds is 4. The van der Waals surface area contributed by atoms with Gasteiger partial charge in [-0.2, -0.15) is 0 Å². The number of nitrogens with zero attached hydrogens (tertiary/aromatic N) is 2. The maximum Gasteiger partial charge on any atom is 0.312 e. The Hall–Kier alpha value is -1.93. The van der Waals surface area contributed by atoms with Crippen LogP contribution in [0.1, 0.15) is 18.4 Å². The molecule has 3 rings (SSSR count). The summed E-state index contributed by atoms with van der Waals surface area (Å²) in [5, 5.41) is 0. The lowest BCUT2D eigenvalue weighted by atomic mass is 9.79. The molecular weight excluding hydrogens is 408 g/mol. The fourth-order valence-electron chi connectivity index (χ4n) is 3.48. The van der Waals surface area contributed by atoms with Crippen LogP contribution in [0.2, 0.25) is 0 Å². The molecule has 1 saturated carbocycles. The molecule has 1 aromatic carbocycles. The highest BCUT2D eigenvalue weighted by Crippen LogP contribution is 2.49. The van der Waals surface area contributed by atoms with Crippen molar-refractivity contribution in [1.82, 2.24) is 9.97 Å². The Morgan fingerprint density at radius 2 is 2.08 bits per heavy atom. The number of ether oxygens (including phenoxy) is 1. The molecule has 1 aliphatic rings. The molecule has 0 saturated heterocycles. The molecule has 0 bridgehead atoms. The van der Waals surface area contributed by atoms with Crippen molar-refractivity contribution in [3.63, 3.8) is 0 Å². The van der Waals surface area contributed by atoms with Crippen LogP contribution in [0.4, 0.5) is 8.78 Å². The largest absolute Gasteiger partial charge is 0.469 e. The monoisotopic (exact) mass is 425 g/mol. The molecule has 1 heterocycles. The standard InChI is InChI=1S/C18H18BrF2N3O2/c1-26-16(25)17(7-14(22)18(20,21)10-17)6-11-3-2-4-12(5-11)15-23-8-13(19)9-24-15/h2-5,8-9,14H,6-7,10,22H2,1H3/t14-,17-/m1/s1. The number of hydrogen-bond acceptors (Lipinski definition) is 5. The Bertz CT molecular complexity index is 816. The molecule has 1 fully saturated rings. The number of methoxy groups -OCH3 is 1. The molecule has 0 aliphatic heterocycles.